The van der Waals surface area contributed by atoms with E-state index in [9.17, 15) is 0 Å². The minimum Gasteiger partial charge on any atom is -0.370 e. The lowest BCUT2D eigenvalue weighted by molar-refractivity contribution is 0.964. The Bertz CT molecular complexity index is 475. The third-order valence-electron chi connectivity index (χ3n) is 2.29. The number of hydrogen-bond donors (Lipinski definition) is 1. The highest BCUT2D eigenvalue weighted by Gasteiger charge is 2.00. The van der Waals surface area contributed by atoms with Crippen molar-refractivity contribution in [1.82, 2.24) is 15.0 Å². The summed E-state index contributed by atoms with van der Waals surface area (Å²) < 4.78 is 0. The summed E-state index contributed by atoms with van der Waals surface area (Å²) in [6.07, 6.45) is 6.45. The van der Waals surface area contributed by atoms with Gasteiger partial charge in [-0.05, 0) is 30.2 Å². The Labute approximate surface area is 111 Å². The van der Waals surface area contributed by atoms with Crippen LogP contribution in [0.3, 0.4) is 0 Å². The minimum atomic E-state index is 0.803. The first kappa shape index (κ1) is 12.8. The molecule has 2 heterocycles. The van der Waals surface area contributed by atoms with Crippen LogP contribution < -0.4 is 5.32 Å². The van der Waals surface area contributed by atoms with E-state index in [2.05, 4.69) is 33.3 Å². The third kappa shape index (κ3) is 4.00. The SMILES string of the molecule is CCCNc1cc(CSc2ncccn2)ccn1. The Balaban J connectivity index is 1.93. The number of hydrogen-bond acceptors (Lipinski definition) is 5. The van der Waals surface area contributed by atoms with E-state index < -0.39 is 0 Å². The Kier molecular flexibility index (Phi) is 4.96. The van der Waals surface area contributed by atoms with Gasteiger partial charge in [-0.2, -0.15) is 0 Å². The molecule has 0 bridgehead atoms. The molecular formula is C13H16N4S. The van der Waals surface area contributed by atoms with Crippen molar-refractivity contribution < 1.29 is 0 Å². The molecule has 4 nitrogen and oxygen atoms in total. The number of pyridine rings is 1. The Morgan fingerprint density at radius 2 is 2.00 bits per heavy atom. The van der Waals surface area contributed by atoms with E-state index in [1.165, 1.54) is 5.56 Å². The normalized spacial score (nSPS) is 10.3. The second-order valence-corrected chi connectivity index (χ2v) is 4.74. The average Bonchev–Trinajstić information content (AvgIpc) is 2.44. The predicted octanol–water partition coefficient (Wildman–Crippen LogP) is 2.99. The third-order valence-corrected chi connectivity index (χ3v) is 3.24. The molecule has 2 rings (SSSR count). The van der Waals surface area contributed by atoms with E-state index in [0.29, 0.717) is 0 Å². The molecule has 0 saturated heterocycles. The topological polar surface area (TPSA) is 50.7 Å². The van der Waals surface area contributed by atoms with Crippen LogP contribution in [0.4, 0.5) is 5.82 Å². The summed E-state index contributed by atoms with van der Waals surface area (Å²) in [5.74, 6) is 1.79. The summed E-state index contributed by atoms with van der Waals surface area (Å²) in [5.41, 5.74) is 1.22. The lowest BCUT2D eigenvalue weighted by atomic mass is 10.3. The molecule has 18 heavy (non-hydrogen) atoms. The minimum absolute atomic E-state index is 0.803. The van der Waals surface area contributed by atoms with Crippen LogP contribution in [0, 0.1) is 0 Å². The molecule has 1 N–H and O–H groups in total. The number of nitrogens with zero attached hydrogens (tertiary/aromatic N) is 3. The van der Waals surface area contributed by atoms with Crippen LogP contribution >= 0.6 is 11.8 Å². The molecule has 0 aliphatic carbocycles. The lowest BCUT2D eigenvalue weighted by Gasteiger charge is -2.05. The van der Waals surface area contributed by atoms with Gasteiger partial charge in [0.05, 0.1) is 0 Å². The van der Waals surface area contributed by atoms with Crippen molar-refractivity contribution in [2.24, 2.45) is 0 Å². The molecule has 5 heteroatoms. The van der Waals surface area contributed by atoms with E-state index in [-0.39, 0.29) is 0 Å². The molecule has 0 aromatic carbocycles. The molecule has 0 spiro atoms. The van der Waals surface area contributed by atoms with Gasteiger partial charge >= 0.3 is 0 Å². The van der Waals surface area contributed by atoms with Crippen molar-refractivity contribution in [3.05, 3.63) is 42.4 Å². The molecule has 2 aromatic rings. The molecule has 94 valence electrons. The van der Waals surface area contributed by atoms with Gasteiger partial charge in [-0.3, -0.25) is 0 Å². The molecule has 0 aliphatic rings. The molecule has 2 aromatic heterocycles. The highest BCUT2D eigenvalue weighted by atomic mass is 32.2. The summed E-state index contributed by atoms with van der Waals surface area (Å²) >= 11 is 1.63. The summed E-state index contributed by atoms with van der Waals surface area (Å²) in [7, 11) is 0. The maximum atomic E-state index is 4.28. The fraction of sp³-hybridized carbons (Fsp3) is 0.308. The van der Waals surface area contributed by atoms with Crippen molar-refractivity contribution >= 4 is 17.6 Å². The fourth-order valence-corrected chi connectivity index (χ4v) is 2.17. The number of thioether (sulfide) groups is 1. The van der Waals surface area contributed by atoms with Crippen LogP contribution in [-0.2, 0) is 5.75 Å². The van der Waals surface area contributed by atoms with Crippen molar-refractivity contribution in [2.45, 2.75) is 24.3 Å². The zero-order valence-corrected chi connectivity index (χ0v) is 11.2. The van der Waals surface area contributed by atoms with Gasteiger partial charge in [-0.25, -0.2) is 15.0 Å². The van der Waals surface area contributed by atoms with Crippen molar-refractivity contribution in [2.75, 3.05) is 11.9 Å². The van der Waals surface area contributed by atoms with Crippen LogP contribution in [0.25, 0.3) is 0 Å². The van der Waals surface area contributed by atoms with Gasteiger partial charge in [0.2, 0.25) is 0 Å². The highest BCUT2D eigenvalue weighted by Crippen LogP contribution is 2.19. The van der Waals surface area contributed by atoms with Crippen LogP contribution in [0.5, 0.6) is 0 Å². The number of nitrogens with one attached hydrogen (secondary N) is 1. The maximum Gasteiger partial charge on any atom is 0.187 e. The molecular weight excluding hydrogens is 244 g/mol. The van der Waals surface area contributed by atoms with Crippen molar-refractivity contribution in [3.8, 4) is 0 Å². The van der Waals surface area contributed by atoms with E-state index in [0.717, 1.165) is 29.7 Å². The average molecular weight is 260 g/mol. The molecule has 0 fully saturated rings. The smallest absolute Gasteiger partial charge is 0.187 e. The van der Waals surface area contributed by atoms with Gasteiger partial charge in [-0.15, -0.1) is 0 Å². The molecule has 0 radical (unpaired) electrons. The van der Waals surface area contributed by atoms with Gasteiger partial charge in [0.15, 0.2) is 5.16 Å². The number of anilines is 1. The lowest BCUT2D eigenvalue weighted by Crippen LogP contribution is -2.01. The summed E-state index contributed by atoms with van der Waals surface area (Å²) in [6.45, 7) is 3.09. The molecule has 0 atom stereocenters. The Morgan fingerprint density at radius 3 is 2.78 bits per heavy atom. The zero-order chi connectivity index (χ0) is 12.6. The van der Waals surface area contributed by atoms with E-state index in [4.69, 9.17) is 0 Å². The molecule has 0 unspecified atom stereocenters. The second-order valence-electron chi connectivity index (χ2n) is 3.80. The van der Waals surface area contributed by atoms with Gasteiger partial charge in [-0.1, -0.05) is 18.7 Å². The van der Waals surface area contributed by atoms with Crippen LogP contribution in [0.2, 0.25) is 0 Å². The van der Waals surface area contributed by atoms with Gasteiger partial charge < -0.3 is 5.32 Å². The maximum absolute atomic E-state index is 4.28. The van der Waals surface area contributed by atoms with Crippen molar-refractivity contribution in [1.29, 1.82) is 0 Å². The molecule has 0 saturated carbocycles. The van der Waals surface area contributed by atoms with Gasteiger partial charge in [0.1, 0.15) is 5.82 Å². The highest BCUT2D eigenvalue weighted by molar-refractivity contribution is 7.98. The molecule has 0 aliphatic heterocycles. The first-order valence-electron chi connectivity index (χ1n) is 5.97. The zero-order valence-electron chi connectivity index (χ0n) is 10.3. The predicted molar refractivity (Wildman–Crippen MR) is 74.6 cm³/mol. The van der Waals surface area contributed by atoms with E-state index in [1.54, 1.807) is 24.2 Å². The number of rotatable bonds is 6. The largest absolute Gasteiger partial charge is 0.370 e. The fourth-order valence-electron chi connectivity index (χ4n) is 1.42. The van der Waals surface area contributed by atoms with Gasteiger partial charge in [0, 0.05) is 30.9 Å². The van der Waals surface area contributed by atoms with E-state index >= 15 is 0 Å². The van der Waals surface area contributed by atoms with Crippen LogP contribution in [-0.4, -0.2) is 21.5 Å². The second kappa shape index (κ2) is 6.96. The first-order chi connectivity index (χ1) is 8.88. The Hall–Kier alpha value is -1.62. The van der Waals surface area contributed by atoms with Crippen LogP contribution in [0.15, 0.2) is 41.9 Å². The standard InChI is InChI=1S/C13H16N4S/c1-2-5-14-12-9-11(4-8-15-12)10-18-13-16-6-3-7-17-13/h3-4,6-9H,2,5,10H2,1H3,(H,14,15). The van der Waals surface area contributed by atoms with E-state index in [1.807, 2.05) is 18.3 Å². The first-order valence-corrected chi connectivity index (χ1v) is 6.95. The van der Waals surface area contributed by atoms with Crippen molar-refractivity contribution in [3.63, 3.8) is 0 Å². The summed E-state index contributed by atoms with van der Waals surface area (Å²) in [4.78, 5) is 12.7. The van der Waals surface area contributed by atoms with Gasteiger partial charge in [0.25, 0.3) is 0 Å². The quantitative estimate of drug-likeness (QED) is 0.639. The summed E-state index contributed by atoms with van der Waals surface area (Å²) in [5, 5.41) is 4.08. The monoisotopic (exact) mass is 260 g/mol. The Morgan fingerprint density at radius 1 is 1.17 bits per heavy atom. The summed E-state index contributed by atoms with van der Waals surface area (Å²) in [6, 6.07) is 5.92. The van der Waals surface area contributed by atoms with Crippen LogP contribution in [0.1, 0.15) is 18.9 Å². The number of aromatic nitrogens is 3. The molecule has 0 amide bonds.